The first-order valence-electron chi connectivity index (χ1n) is 5.76. The minimum atomic E-state index is -3.60. The van der Waals surface area contributed by atoms with Crippen LogP contribution in [0.15, 0.2) is 24.2 Å². The Hall–Kier alpha value is -1.25. The number of nitrogens with two attached hydrogens (primary N) is 1. The predicted molar refractivity (Wildman–Crippen MR) is 67.0 cm³/mol. The van der Waals surface area contributed by atoms with Crippen molar-refractivity contribution < 1.29 is 27.9 Å². The molecule has 0 aliphatic carbocycles. The van der Waals surface area contributed by atoms with Crippen molar-refractivity contribution in [2.75, 3.05) is 13.3 Å². The first-order valence-corrected chi connectivity index (χ1v) is 7.79. The third kappa shape index (κ3) is 3.65. The van der Waals surface area contributed by atoms with Gasteiger partial charge in [-0.15, -0.1) is 0 Å². The summed E-state index contributed by atoms with van der Waals surface area (Å²) in [4.78, 5) is 21.7. The predicted octanol–water partition coefficient (Wildman–Crippen LogP) is 0.220. The Bertz CT molecular complexity index is 505. The van der Waals surface area contributed by atoms with Crippen LogP contribution < -0.4 is 11.1 Å². The van der Waals surface area contributed by atoms with E-state index in [-0.39, 0.29) is 6.61 Å². The number of carbonyl (C=O) groups is 1. The molecule has 0 saturated carbocycles. The number of halogens is 1. The normalized spacial score (nSPS) is 32.8. The van der Waals surface area contributed by atoms with Crippen LogP contribution in [0.2, 0.25) is 0 Å². The molecule has 0 aromatic rings. The third-order valence-electron chi connectivity index (χ3n) is 2.63. The van der Waals surface area contributed by atoms with Crippen LogP contribution in [0.25, 0.3) is 0 Å². The van der Waals surface area contributed by atoms with Gasteiger partial charge in [-0.3, -0.25) is 9.46 Å². The lowest BCUT2D eigenvalue weighted by molar-refractivity contribution is -0.0221. The maximum absolute atomic E-state index is 13.4. The number of nitrogens with zero attached hydrogens (tertiary/aromatic N) is 1. The van der Waals surface area contributed by atoms with Gasteiger partial charge in [0, 0.05) is 12.9 Å². The molecule has 0 aromatic heterocycles. The summed E-state index contributed by atoms with van der Waals surface area (Å²) in [7, 11) is -3.60. The minimum absolute atomic E-state index is 0.140. The fourth-order valence-corrected chi connectivity index (χ4v) is 2.11. The highest BCUT2D eigenvalue weighted by atomic mass is 31.2. The molecule has 0 spiro atoms. The van der Waals surface area contributed by atoms with Crippen molar-refractivity contribution in [3.8, 4) is 0 Å². The Morgan fingerprint density at radius 2 is 2.35 bits per heavy atom. The van der Waals surface area contributed by atoms with Crippen LogP contribution in [-0.4, -0.2) is 47.6 Å². The SMILES string of the molecule is CP(=O)(O)OCC1C=CC(N2C=C(F)C(N)NC2=O)O1. The third-order valence-corrected chi connectivity index (χ3v) is 3.26. The first kappa shape index (κ1) is 15.1. The molecule has 0 aromatic carbocycles. The Kier molecular flexibility index (Phi) is 4.26. The summed E-state index contributed by atoms with van der Waals surface area (Å²) in [5, 5.41) is 2.22. The fourth-order valence-electron chi connectivity index (χ4n) is 1.69. The highest BCUT2D eigenvalue weighted by Crippen LogP contribution is 2.37. The van der Waals surface area contributed by atoms with Gasteiger partial charge in [-0.25, -0.2) is 9.18 Å². The molecule has 4 N–H and O–H groups in total. The van der Waals surface area contributed by atoms with Crippen molar-refractivity contribution in [3.63, 3.8) is 0 Å². The van der Waals surface area contributed by atoms with Crippen LogP contribution in [-0.2, 0) is 13.8 Å². The van der Waals surface area contributed by atoms with Gasteiger partial charge in [-0.1, -0.05) is 6.08 Å². The van der Waals surface area contributed by atoms with Gasteiger partial charge in [0.2, 0.25) is 0 Å². The largest absolute Gasteiger partial charge is 0.344 e. The van der Waals surface area contributed by atoms with Crippen molar-refractivity contribution in [1.82, 2.24) is 10.2 Å². The van der Waals surface area contributed by atoms with Gasteiger partial charge >= 0.3 is 13.6 Å². The number of hydrogen-bond acceptors (Lipinski definition) is 5. The van der Waals surface area contributed by atoms with Gasteiger partial charge in [0.1, 0.15) is 12.3 Å². The highest BCUT2D eigenvalue weighted by Gasteiger charge is 2.33. The van der Waals surface area contributed by atoms with E-state index in [4.69, 9.17) is 19.9 Å². The number of carbonyl (C=O) groups excluding carboxylic acids is 1. The molecule has 2 aliphatic rings. The fraction of sp³-hybridized carbons (Fsp3) is 0.500. The lowest BCUT2D eigenvalue weighted by atomic mass is 10.3. The van der Waals surface area contributed by atoms with E-state index in [0.29, 0.717) is 0 Å². The van der Waals surface area contributed by atoms with Gasteiger partial charge in [0.25, 0.3) is 0 Å². The van der Waals surface area contributed by atoms with Crippen LogP contribution in [0.5, 0.6) is 0 Å². The minimum Gasteiger partial charge on any atom is -0.344 e. The van der Waals surface area contributed by atoms with E-state index in [9.17, 15) is 13.8 Å². The molecule has 4 atom stereocenters. The average Bonchev–Trinajstić information content (AvgIpc) is 2.79. The number of nitrogens with one attached hydrogen (secondary N) is 1. The number of hydrogen-bond donors (Lipinski definition) is 3. The average molecular weight is 307 g/mol. The smallest absolute Gasteiger partial charge is 0.325 e. The molecular weight excluding hydrogens is 292 g/mol. The molecule has 2 amide bonds. The number of amides is 2. The highest BCUT2D eigenvalue weighted by molar-refractivity contribution is 7.51. The molecule has 8 nitrogen and oxygen atoms in total. The van der Waals surface area contributed by atoms with E-state index in [1.165, 1.54) is 6.08 Å². The molecule has 10 heteroatoms. The summed E-state index contributed by atoms with van der Waals surface area (Å²) >= 11 is 0. The Morgan fingerprint density at radius 3 is 3.00 bits per heavy atom. The van der Waals surface area contributed by atoms with Gasteiger partial charge in [-0.2, -0.15) is 0 Å². The van der Waals surface area contributed by atoms with E-state index in [1.807, 2.05) is 0 Å². The number of rotatable bonds is 4. The summed E-state index contributed by atoms with van der Waals surface area (Å²) in [6.07, 6.45) is 1.46. The van der Waals surface area contributed by atoms with Gasteiger partial charge in [-0.05, 0) is 6.08 Å². The molecular formula is C10H15FN3O5P. The van der Waals surface area contributed by atoms with Gasteiger partial charge in [0.05, 0.1) is 6.61 Å². The summed E-state index contributed by atoms with van der Waals surface area (Å²) < 4.78 is 34.5. The molecule has 0 saturated heterocycles. The second-order valence-corrected chi connectivity index (χ2v) is 6.26. The number of urea groups is 1. The van der Waals surface area contributed by atoms with Crippen molar-refractivity contribution >= 4 is 13.6 Å². The van der Waals surface area contributed by atoms with Crippen molar-refractivity contribution in [1.29, 1.82) is 0 Å². The zero-order valence-electron chi connectivity index (χ0n) is 10.6. The monoisotopic (exact) mass is 307 g/mol. The summed E-state index contributed by atoms with van der Waals surface area (Å²) in [6.45, 7) is 0.916. The number of ether oxygens (including phenoxy) is 1. The van der Waals surface area contributed by atoms with Crippen LogP contribution >= 0.6 is 7.60 Å². The quantitative estimate of drug-likeness (QED) is 0.506. The molecule has 2 rings (SSSR count). The molecule has 20 heavy (non-hydrogen) atoms. The molecule has 0 bridgehead atoms. The van der Waals surface area contributed by atoms with E-state index >= 15 is 0 Å². The lowest BCUT2D eigenvalue weighted by Gasteiger charge is -2.30. The summed E-state index contributed by atoms with van der Waals surface area (Å²) in [5.41, 5.74) is 5.31. The van der Waals surface area contributed by atoms with Crippen LogP contribution in [0.1, 0.15) is 0 Å². The van der Waals surface area contributed by atoms with Crippen LogP contribution in [0.3, 0.4) is 0 Å². The standard InChI is InChI=1S/C10H15FN3O5P/c1-20(16,17)18-5-6-2-3-8(19-6)14-4-7(11)9(12)13-10(14)15/h2-4,6,8-9H,5,12H2,1H3,(H,13,15)(H,16,17). The maximum atomic E-state index is 13.4. The zero-order chi connectivity index (χ0) is 14.9. The van der Waals surface area contributed by atoms with Crippen LogP contribution in [0.4, 0.5) is 9.18 Å². The zero-order valence-corrected chi connectivity index (χ0v) is 11.5. The van der Waals surface area contributed by atoms with E-state index in [0.717, 1.165) is 17.8 Å². The first-order chi connectivity index (χ1) is 9.26. The molecule has 4 unspecified atom stereocenters. The van der Waals surface area contributed by atoms with E-state index in [2.05, 4.69) is 5.32 Å². The van der Waals surface area contributed by atoms with Crippen molar-refractivity contribution in [2.45, 2.75) is 18.5 Å². The molecule has 112 valence electrons. The second-order valence-electron chi connectivity index (χ2n) is 4.40. The topological polar surface area (TPSA) is 114 Å². The van der Waals surface area contributed by atoms with Gasteiger partial charge < -0.3 is 25.2 Å². The second kappa shape index (κ2) is 5.63. The molecule has 0 radical (unpaired) electrons. The maximum Gasteiger partial charge on any atom is 0.325 e. The van der Waals surface area contributed by atoms with Crippen LogP contribution in [0, 0.1) is 0 Å². The lowest BCUT2D eigenvalue weighted by Crippen LogP contribution is -2.54. The summed E-state index contributed by atoms with van der Waals surface area (Å²) in [5.74, 6) is -0.699. The van der Waals surface area contributed by atoms with Crippen molar-refractivity contribution in [2.24, 2.45) is 5.73 Å². The van der Waals surface area contributed by atoms with Crippen molar-refractivity contribution in [3.05, 3.63) is 24.2 Å². The molecule has 2 aliphatic heterocycles. The Morgan fingerprint density at radius 1 is 1.65 bits per heavy atom. The summed E-state index contributed by atoms with van der Waals surface area (Å²) in [6, 6.07) is -0.599. The Labute approximate surface area is 114 Å². The van der Waals surface area contributed by atoms with E-state index in [1.54, 1.807) is 6.08 Å². The van der Waals surface area contributed by atoms with Gasteiger partial charge in [0.15, 0.2) is 12.1 Å². The Balaban J connectivity index is 1.95. The molecule has 0 fully saturated rings. The van der Waals surface area contributed by atoms with E-state index < -0.39 is 38.0 Å². The molecule has 2 heterocycles.